The third-order valence-electron chi connectivity index (χ3n) is 4.80. The highest BCUT2D eigenvalue weighted by molar-refractivity contribution is 9.28. The predicted molar refractivity (Wildman–Crippen MR) is 109 cm³/mol. The fraction of sp³-hybridized carbons (Fsp3) is 0.286. The Hall–Kier alpha value is -1.66. The van der Waals surface area contributed by atoms with Crippen molar-refractivity contribution in [3.8, 4) is 11.5 Å². The van der Waals surface area contributed by atoms with E-state index in [2.05, 4.69) is 45.7 Å². The van der Waals surface area contributed by atoms with E-state index < -0.39 is 0 Å². The summed E-state index contributed by atoms with van der Waals surface area (Å²) in [6.07, 6.45) is 1.99. The number of ether oxygens (including phenoxy) is 2. The minimum absolute atomic E-state index is 0.114. The van der Waals surface area contributed by atoms with Gasteiger partial charge in [-0.25, -0.2) is 4.39 Å². The molecule has 1 fully saturated rings. The van der Waals surface area contributed by atoms with Crippen LogP contribution in [0.5, 0.6) is 11.5 Å². The predicted octanol–water partition coefficient (Wildman–Crippen LogP) is 6.56. The topological polar surface area (TPSA) is 35.5 Å². The lowest BCUT2D eigenvalue weighted by atomic mass is 10.1. The number of carbonyl (C=O) groups excluding carboxylic acids is 1. The second-order valence-corrected chi connectivity index (χ2v) is 9.87. The second kappa shape index (κ2) is 8.15. The summed E-state index contributed by atoms with van der Waals surface area (Å²) in [6.45, 7) is 4.29. The lowest BCUT2D eigenvalue weighted by Gasteiger charge is -2.09. The van der Waals surface area contributed by atoms with Gasteiger partial charge in [0.25, 0.3) is 0 Å². The number of esters is 1. The number of rotatable bonds is 6. The summed E-state index contributed by atoms with van der Waals surface area (Å²) in [7, 11) is 0. The third-order valence-corrected chi connectivity index (χ3v) is 5.33. The number of benzene rings is 2. The summed E-state index contributed by atoms with van der Waals surface area (Å²) in [5.41, 5.74) is 0.715. The summed E-state index contributed by atoms with van der Waals surface area (Å²) in [5.74, 6) is 0.623. The Labute approximate surface area is 174 Å². The zero-order chi connectivity index (χ0) is 19.6. The van der Waals surface area contributed by atoms with Crippen LogP contribution in [-0.2, 0) is 16.1 Å². The molecule has 2 aromatic carbocycles. The molecule has 1 saturated carbocycles. The van der Waals surface area contributed by atoms with Gasteiger partial charge < -0.3 is 9.47 Å². The van der Waals surface area contributed by atoms with Crippen molar-refractivity contribution in [3.05, 3.63) is 69.4 Å². The molecule has 6 heteroatoms. The molecule has 0 unspecified atom stereocenters. The van der Waals surface area contributed by atoms with Crippen molar-refractivity contribution >= 4 is 37.8 Å². The average molecular weight is 498 g/mol. The maximum atomic E-state index is 13.0. The van der Waals surface area contributed by atoms with Crippen molar-refractivity contribution in [1.82, 2.24) is 0 Å². The number of carbonyl (C=O) groups is 1. The molecule has 3 rings (SSSR count). The Morgan fingerprint density at radius 2 is 1.85 bits per heavy atom. The van der Waals surface area contributed by atoms with Gasteiger partial charge in [-0.1, -0.05) is 32.1 Å². The molecule has 3 nitrogen and oxygen atoms in total. The van der Waals surface area contributed by atoms with Gasteiger partial charge in [0.05, 0.1) is 9.31 Å². The van der Waals surface area contributed by atoms with E-state index in [-0.39, 0.29) is 35.6 Å². The molecule has 0 N–H and O–H groups in total. The first-order valence-electron chi connectivity index (χ1n) is 8.49. The molecule has 0 aliphatic heterocycles. The number of hydrogen-bond donors (Lipinski definition) is 0. The van der Waals surface area contributed by atoms with Crippen LogP contribution < -0.4 is 4.74 Å². The van der Waals surface area contributed by atoms with E-state index in [0.29, 0.717) is 11.5 Å². The molecule has 0 bridgehead atoms. The van der Waals surface area contributed by atoms with Crippen LogP contribution in [0.4, 0.5) is 4.39 Å². The highest BCUT2D eigenvalue weighted by Crippen LogP contribution is 2.60. The summed E-state index contributed by atoms with van der Waals surface area (Å²) in [6, 6.07) is 13.1. The zero-order valence-corrected chi connectivity index (χ0v) is 18.1. The fourth-order valence-electron chi connectivity index (χ4n) is 3.16. The van der Waals surface area contributed by atoms with Crippen LogP contribution in [-0.4, -0.2) is 5.97 Å². The first-order chi connectivity index (χ1) is 12.8. The first-order valence-corrected chi connectivity index (χ1v) is 10.1. The SMILES string of the molecule is CC1(C)[C@H](C(=O)OCc2cccc(Oc3ccc(F)cc3)c2)[C@@H]1C=C(Br)Br. The summed E-state index contributed by atoms with van der Waals surface area (Å²) in [5, 5.41) is 0. The molecule has 2 aromatic rings. The minimum Gasteiger partial charge on any atom is -0.461 e. The smallest absolute Gasteiger partial charge is 0.310 e. The number of halogens is 3. The van der Waals surface area contributed by atoms with Crippen molar-refractivity contribution in [1.29, 1.82) is 0 Å². The quantitative estimate of drug-likeness (QED) is 0.423. The van der Waals surface area contributed by atoms with Crippen molar-refractivity contribution in [2.24, 2.45) is 17.3 Å². The lowest BCUT2D eigenvalue weighted by Crippen LogP contribution is -2.10. The molecule has 2 atom stereocenters. The normalized spacial score (nSPS) is 19.9. The minimum atomic E-state index is -0.314. The molecule has 0 saturated heterocycles. The lowest BCUT2D eigenvalue weighted by molar-refractivity contribution is -0.147. The van der Waals surface area contributed by atoms with Crippen LogP contribution in [0.15, 0.2) is 58.0 Å². The molecular weight excluding hydrogens is 479 g/mol. The van der Waals surface area contributed by atoms with Crippen LogP contribution >= 0.6 is 31.9 Å². The van der Waals surface area contributed by atoms with E-state index in [4.69, 9.17) is 9.47 Å². The second-order valence-electron chi connectivity index (χ2n) is 7.09. The Kier molecular flexibility index (Phi) is 6.06. The maximum Gasteiger partial charge on any atom is 0.310 e. The molecule has 0 heterocycles. The van der Waals surface area contributed by atoms with Gasteiger partial charge in [0.2, 0.25) is 0 Å². The Bertz CT molecular complexity index is 858. The van der Waals surface area contributed by atoms with Crippen molar-refractivity contribution in [2.45, 2.75) is 20.5 Å². The number of hydrogen-bond acceptors (Lipinski definition) is 3. The van der Waals surface area contributed by atoms with Gasteiger partial charge in [0, 0.05) is 0 Å². The van der Waals surface area contributed by atoms with E-state index in [1.165, 1.54) is 12.1 Å². The van der Waals surface area contributed by atoms with Crippen LogP contribution in [0.2, 0.25) is 0 Å². The molecule has 142 valence electrons. The van der Waals surface area contributed by atoms with Gasteiger partial charge in [0.15, 0.2) is 0 Å². The van der Waals surface area contributed by atoms with Gasteiger partial charge in [-0.05, 0) is 85.2 Å². The maximum absolute atomic E-state index is 13.0. The Morgan fingerprint density at radius 3 is 2.52 bits per heavy atom. The Balaban J connectivity index is 1.59. The monoisotopic (exact) mass is 496 g/mol. The Morgan fingerprint density at radius 1 is 1.15 bits per heavy atom. The molecule has 1 aliphatic rings. The largest absolute Gasteiger partial charge is 0.461 e. The van der Waals surface area contributed by atoms with Crippen molar-refractivity contribution in [2.75, 3.05) is 0 Å². The van der Waals surface area contributed by atoms with Gasteiger partial charge in [-0.3, -0.25) is 4.79 Å². The van der Waals surface area contributed by atoms with Crippen LogP contribution in [0, 0.1) is 23.1 Å². The molecular formula is C21H19Br2FO3. The molecule has 0 amide bonds. The van der Waals surface area contributed by atoms with Crippen LogP contribution in [0.3, 0.4) is 0 Å². The highest BCUT2D eigenvalue weighted by atomic mass is 79.9. The van der Waals surface area contributed by atoms with Crippen molar-refractivity contribution in [3.63, 3.8) is 0 Å². The zero-order valence-electron chi connectivity index (χ0n) is 14.9. The van der Waals surface area contributed by atoms with E-state index in [1.807, 2.05) is 18.2 Å². The van der Waals surface area contributed by atoms with E-state index >= 15 is 0 Å². The van der Waals surface area contributed by atoms with Gasteiger partial charge in [-0.2, -0.15) is 0 Å². The number of allylic oxidation sites excluding steroid dienone is 1. The molecule has 0 spiro atoms. The first kappa shape index (κ1) is 20.1. The highest BCUT2D eigenvalue weighted by Gasteiger charge is 2.61. The van der Waals surface area contributed by atoms with Gasteiger partial charge in [-0.15, -0.1) is 0 Å². The molecule has 0 radical (unpaired) electrons. The van der Waals surface area contributed by atoms with Crippen LogP contribution in [0.1, 0.15) is 19.4 Å². The molecule has 0 aromatic heterocycles. The van der Waals surface area contributed by atoms with E-state index in [1.54, 1.807) is 24.3 Å². The average Bonchev–Trinajstić information content (AvgIpc) is 3.14. The summed E-state index contributed by atoms with van der Waals surface area (Å²) >= 11 is 6.70. The van der Waals surface area contributed by atoms with Gasteiger partial charge in [0.1, 0.15) is 23.9 Å². The third kappa shape index (κ3) is 4.99. The van der Waals surface area contributed by atoms with Crippen LogP contribution in [0.25, 0.3) is 0 Å². The molecule has 27 heavy (non-hydrogen) atoms. The standard InChI is InChI=1S/C21H19Br2FO3/c1-21(2)17(11-18(22)23)19(21)20(25)26-12-13-4-3-5-16(10-13)27-15-8-6-14(24)7-9-15/h3-11,17,19H,12H2,1-2H3/t17-,19-/m0/s1. The van der Waals surface area contributed by atoms with Gasteiger partial charge >= 0.3 is 5.97 Å². The van der Waals surface area contributed by atoms with E-state index in [0.717, 1.165) is 8.96 Å². The molecule has 1 aliphatic carbocycles. The fourth-order valence-corrected chi connectivity index (χ4v) is 3.73. The van der Waals surface area contributed by atoms with Crippen molar-refractivity contribution < 1.29 is 18.7 Å². The summed E-state index contributed by atoms with van der Waals surface area (Å²) < 4.78 is 25.0. The van der Waals surface area contributed by atoms with E-state index in [9.17, 15) is 9.18 Å². The summed E-state index contributed by atoms with van der Waals surface area (Å²) in [4.78, 5) is 12.4.